The van der Waals surface area contributed by atoms with Crippen LogP contribution in [0.3, 0.4) is 0 Å². The zero-order chi connectivity index (χ0) is 40.2. The number of hydrazine groups is 1. The largest absolute Gasteiger partial charge is 0.307 e. The topological polar surface area (TPSA) is 120 Å². The number of aromatic nitrogens is 2. The van der Waals surface area contributed by atoms with Gasteiger partial charge >= 0.3 is 10.2 Å². The minimum Gasteiger partial charge on any atom is -0.273 e. The predicted octanol–water partition coefficient (Wildman–Crippen LogP) is 11.2. The van der Waals surface area contributed by atoms with Crippen molar-refractivity contribution < 1.29 is 13.2 Å². The van der Waals surface area contributed by atoms with Crippen molar-refractivity contribution in [2.45, 2.75) is 122 Å². The maximum absolute atomic E-state index is 14.9. The molecule has 2 heterocycles. The van der Waals surface area contributed by atoms with Gasteiger partial charge < -0.3 is 0 Å². The second kappa shape index (κ2) is 21.1. The van der Waals surface area contributed by atoms with Crippen LogP contribution >= 0.6 is 46.4 Å². The summed E-state index contributed by atoms with van der Waals surface area (Å²) in [4.78, 5) is 28.7. The molecule has 1 amide bonds. The zero-order valence-electron chi connectivity index (χ0n) is 32.0. The number of anilines is 3. The fourth-order valence-corrected chi connectivity index (χ4v) is 9.69. The maximum atomic E-state index is 14.9. The van der Waals surface area contributed by atoms with Crippen molar-refractivity contribution in [3.63, 3.8) is 0 Å². The van der Waals surface area contributed by atoms with Gasteiger partial charge in [0, 0.05) is 28.5 Å². The third-order valence-corrected chi connectivity index (χ3v) is 12.5. The predicted molar refractivity (Wildman–Crippen MR) is 232 cm³/mol. The van der Waals surface area contributed by atoms with E-state index >= 15 is 0 Å². The number of benzene rings is 3. The number of carbonyl (C=O) groups is 1. The molecule has 1 aromatic heterocycles. The maximum Gasteiger partial charge on any atom is 0.307 e. The van der Waals surface area contributed by atoms with Gasteiger partial charge in [0.1, 0.15) is 5.69 Å². The number of halogens is 4. The van der Waals surface area contributed by atoms with Gasteiger partial charge in [-0.3, -0.25) is 14.7 Å². The molecule has 0 saturated carbocycles. The van der Waals surface area contributed by atoms with Crippen molar-refractivity contribution in [1.29, 1.82) is 0 Å². The molecule has 304 valence electrons. The van der Waals surface area contributed by atoms with Crippen molar-refractivity contribution in [2.75, 3.05) is 9.31 Å². The first-order valence-electron chi connectivity index (χ1n) is 19.6. The number of aromatic amines is 1. The third-order valence-electron chi connectivity index (χ3n) is 9.97. The molecule has 0 saturated heterocycles. The number of alkyl halides is 1. The smallest absolute Gasteiger partial charge is 0.273 e. The Morgan fingerprint density at radius 1 is 0.786 bits per heavy atom. The molecule has 1 aliphatic rings. The number of hydrogen-bond acceptors (Lipinski definition) is 5. The van der Waals surface area contributed by atoms with Crippen molar-refractivity contribution in [3.05, 3.63) is 103 Å². The molecule has 0 radical (unpaired) electrons. The van der Waals surface area contributed by atoms with E-state index in [2.05, 4.69) is 22.2 Å². The lowest BCUT2D eigenvalue weighted by molar-refractivity contribution is 0.0963. The molecule has 15 heteroatoms. The van der Waals surface area contributed by atoms with Crippen LogP contribution in [0.25, 0.3) is 5.69 Å². The summed E-state index contributed by atoms with van der Waals surface area (Å²) in [6.45, 7) is 4.32. The minimum atomic E-state index is -4.49. The average Bonchev–Trinajstić information content (AvgIpc) is 3.47. The number of carbonyl (C=O) groups excluding carboxylic acids is 1. The van der Waals surface area contributed by atoms with E-state index in [4.69, 9.17) is 46.4 Å². The van der Waals surface area contributed by atoms with Crippen molar-refractivity contribution in [1.82, 2.24) is 19.9 Å². The summed E-state index contributed by atoms with van der Waals surface area (Å²) < 4.78 is 34.8. The van der Waals surface area contributed by atoms with Crippen LogP contribution in [0.15, 0.2) is 71.5 Å². The highest BCUT2D eigenvalue weighted by atomic mass is 35.5. The first-order chi connectivity index (χ1) is 26.9. The van der Waals surface area contributed by atoms with Gasteiger partial charge in [0.25, 0.3) is 11.5 Å². The Morgan fingerprint density at radius 3 is 2.00 bits per heavy atom. The standard InChI is InChI=1S/C41H52Cl4N6O4S/c1-3-4-5-6-7-8-9-10-11-12-14-20-32(25-24-29(2)42)48-56(54,55)51(33-21-15-13-16-22-33)39-38(49-40(52)34-23-18-17-19-30(34)28-46-49)41(53)50(47-39)37-35(44)26-31(43)27-36(37)45/h13,15-19,21-23,26-27,29,32,46-48H,3-12,14,20,24-25,28H2,1-2H3. The van der Waals surface area contributed by atoms with E-state index in [1.54, 1.807) is 42.5 Å². The zero-order valence-corrected chi connectivity index (χ0v) is 35.8. The lowest BCUT2D eigenvalue weighted by atomic mass is 10.0. The first-order valence-corrected chi connectivity index (χ1v) is 22.6. The van der Waals surface area contributed by atoms with Crippen LogP contribution in [-0.2, 0) is 16.8 Å². The van der Waals surface area contributed by atoms with Crippen LogP contribution in [0.1, 0.15) is 120 Å². The summed E-state index contributed by atoms with van der Waals surface area (Å²) in [6, 6.07) is 17.8. The van der Waals surface area contributed by atoms with Crippen LogP contribution in [0, 0.1) is 0 Å². The molecule has 0 fully saturated rings. The second-order valence-electron chi connectivity index (χ2n) is 14.4. The number of unbranched alkanes of at least 4 members (excludes halogenated alkanes) is 10. The van der Waals surface area contributed by atoms with Crippen LogP contribution in [-0.4, -0.2) is 35.5 Å². The molecule has 2 unspecified atom stereocenters. The summed E-state index contributed by atoms with van der Waals surface area (Å²) in [6.07, 6.45) is 14.7. The summed E-state index contributed by atoms with van der Waals surface area (Å²) in [7, 11) is -4.49. The van der Waals surface area contributed by atoms with Crippen LogP contribution < -0.4 is 25.0 Å². The molecule has 3 aromatic carbocycles. The number of para-hydroxylation sites is 1. The third kappa shape index (κ3) is 11.3. The average molecular weight is 867 g/mol. The molecule has 2 atom stereocenters. The molecule has 5 rings (SSSR count). The summed E-state index contributed by atoms with van der Waals surface area (Å²) in [5, 5.41) is 4.19. The highest BCUT2D eigenvalue weighted by molar-refractivity contribution is 7.91. The van der Waals surface area contributed by atoms with Gasteiger partial charge in [-0.25, -0.2) is 19.4 Å². The number of amides is 1. The number of H-pyrrole nitrogens is 1. The van der Waals surface area contributed by atoms with Gasteiger partial charge in [0.15, 0.2) is 11.5 Å². The Labute approximate surface area is 351 Å². The Bertz CT molecular complexity index is 2050. The van der Waals surface area contributed by atoms with E-state index < -0.39 is 27.7 Å². The Kier molecular flexibility index (Phi) is 16.6. The summed E-state index contributed by atoms with van der Waals surface area (Å²) in [5.41, 5.74) is 3.30. The molecule has 1 aliphatic heterocycles. The lowest BCUT2D eigenvalue weighted by Crippen LogP contribution is -2.50. The van der Waals surface area contributed by atoms with Crippen molar-refractivity contribution in [2.24, 2.45) is 0 Å². The van der Waals surface area contributed by atoms with Gasteiger partial charge in [-0.05, 0) is 62.1 Å². The van der Waals surface area contributed by atoms with Crippen LogP contribution in [0.5, 0.6) is 0 Å². The molecule has 56 heavy (non-hydrogen) atoms. The van der Waals surface area contributed by atoms with Gasteiger partial charge in [-0.15, -0.1) is 11.6 Å². The monoisotopic (exact) mass is 864 g/mol. The van der Waals surface area contributed by atoms with Gasteiger partial charge in [0.2, 0.25) is 0 Å². The molecule has 10 nitrogen and oxygen atoms in total. The normalized spacial score (nSPS) is 14.2. The number of hydrogen-bond donors (Lipinski definition) is 3. The molecule has 0 bridgehead atoms. The highest BCUT2D eigenvalue weighted by Crippen LogP contribution is 2.38. The van der Waals surface area contributed by atoms with E-state index in [1.807, 2.05) is 19.1 Å². The highest BCUT2D eigenvalue weighted by Gasteiger charge is 2.38. The molecular formula is C41H52Cl4N6O4S. The number of nitrogens with zero attached hydrogens (tertiary/aromatic N) is 3. The summed E-state index contributed by atoms with van der Waals surface area (Å²) >= 11 is 25.8. The minimum absolute atomic E-state index is 0.0294. The Morgan fingerprint density at radius 2 is 1.38 bits per heavy atom. The van der Waals surface area contributed by atoms with Gasteiger partial charge in [-0.2, -0.15) is 13.1 Å². The van der Waals surface area contributed by atoms with Crippen molar-refractivity contribution >= 4 is 79.7 Å². The van der Waals surface area contributed by atoms with Gasteiger partial charge in [-0.1, -0.05) is 149 Å². The van der Waals surface area contributed by atoms with Gasteiger partial charge in [0.05, 0.1) is 15.7 Å². The first kappa shape index (κ1) is 44.1. The van der Waals surface area contributed by atoms with E-state index in [-0.39, 0.29) is 49.9 Å². The molecular weight excluding hydrogens is 814 g/mol. The van der Waals surface area contributed by atoms with Crippen molar-refractivity contribution in [3.8, 4) is 5.69 Å². The van der Waals surface area contributed by atoms with E-state index in [0.717, 1.165) is 45.2 Å². The quantitative estimate of drug-likeness (QED) is 0.0537. The molecule has 3 N–H and O–H groups in total. The lowest BCUT2D eigenvalue weighted by Gasteiger charge is -2.31. The van der Waals surface area contributed by atoms with E-state index in [1.165, 1.54) is 57.1 Å². The van der Waals surface area contributed by atoms with E-state index in [0.29, 0.717) is 24.8 Å². The van der Waals surface area contributed by atoms with Crippen LogP contribution in [0.4, 0.5) is 17.2 Å². The SMILES string of the molecule is CCCCCCCCCCCCCC(CCC(C)Cl)NS(=O)(=O)N(c1ccccc1)c1[nH]n(-c2c(Cl)cc(Cl)cc2Cl)c(=O)c1N1NCc2ccccc2C1=O. The molecule has 0 aliphatic carbocycles. The number of fused-ring (bicyclic) bond motifs is 1. The Hall–Kier alpha value is -3.03. The molecule has 4 aromatic rings. The summed E-state index contributed by atoms with van der Waals surface area (Å²) in [5.74, 6) is -0.761. The Balaban J connectivity index is 1.50. The van der Waals surface area contributed by atoms with E-state index in [9.17, 15) is 18.0 Å². The molecule has 0 spiro atoms. The fourth-order valence-electron chi connectivity index (χ4n) is 7.05. The fraction of sp³-hybridized carbons (Fsp3) is 0.463. The number of nitrogens with one attached hydrogen (secondary N) is 3. The number of rotatable bonds is 22. The second-order valence-corrected chi connectivity index (χ2v) is 17.9. The van der Waals surface area contributed by atoms with Crippen LogP contribution in [0.2, 0.25) is 15.1 Å².